The number of carbonyl (C=O) groups is 1. The number of ether oxygens (including phenoxy) is 2. The summed E-state index contributed by atoms with van der Waals surface area (Å²) in [5, 5.41) is 3.46. The molecule has 0 aromatic heterocycles. The van der Waals surface area contributed by atoms with Gasteiger partial charge in [0.1, 0.15) is 12.7 Å². The molecule has 1 N–H and O–H groups in total. The number of hydrogen-bond donors (Lipinski definition) is 1. The van der Waals surface area contributed by atoms with Crippen molar-refractivity contribution in [2.75, 3.05) is 26.2 Å². The first-order valence-electron chi connectivity index (χ1n) is 10.3. The maximum Gasteiger partial charge on any atom is 0.224 e. The molecule has 0 aliphatic carbocycles. The Morgan fingerprint density at radius 1 is 1.13 bits per heavy atom. The molecule has 0 bridgehead atoms. The monoisotopic (exact) mass is 464 g/mol. The van der Waals surface area contributed by atoms with Crippen molar-refractivity contribution in [2.24, 2.45) is 5.92 Å². The second-order valence-corrected chi connectivity index (χ2v) is 10.2. The lowest BCUT2D eigenvalue weighted by atomic mass is 9.99. The number of benzene rings is 2. The van der Waals surface area contributed by atoms with Gasteiger partial charge in [0.25, 0.3) is 0 Å². The maximum absolute atomic E-state index is 12.9. The van der Waals surface area contributed by atoms with Crippen molar-refractivity contribution in [2.45, 2.75) is 24.7 Å². The van der Waals surface area contributed by atoms with E-state index in [9.17, 15) is 13.2 Å². The largest absolute Gasteiger partial charge is 0.486 e. The van der Waals surface area contributed by atoms with Gasteiger partial charge in [0.2, 0.25) is 15.9 Å². The summed E-state index contributed by atoms with van der Waals surface area (Å²) in [6.45, 7) is 1.27. The first kappa shape index (κ1) is 21.9. The van der Waals surface area contributed by atoms with Gasteiger partial charge in [-0.3, -0.25) is 4.79 Å². The van der Waals surface area contributed by atoms with E-state index in [1.165, 1.54) is 4.31 Å². The highest BCUT2D eigenvalue weighted by atomic mass is 35.5. The van der Waals surface area contributed by atoms with Gasteiger partial charge in [-0.15, -0.1) is 0 Å². The average Bonchev–Trinajstić information content (AvgIpc) is 2.79. The van der Waals surface area contributed by atoms with Crippen molar-refractivity contribution in [3.8, 4) is 11.5 Å². The van der Waals surface area contributed by atoms with E-state index in [2.05, 4.69) is 5.32 Å². The SMILES string of the molecule is O=C(NC[C@@H]1COc2ccccc2O1)[C@H]1CCCN(S(=O)(=O)Cc2ccc(Cl)cc2)C1. The second-order valence-electron chi connectivity index (χ2n) is 7.82. The Balaban J connectivity index is 1.30. The Kier molecular flexibility index (Phi) is 6.69. The van der Waals surface area contributed by atoms with Crippen LogP contribution in [0.4, 0.5) is 0 Å². The summed E-state index contributed by atoms with van der Waals surface area (Å²) in [5.41, 5.74) is 0.672. The molecule has 2 aromatic carbocycles. The molecular formula is C22H25ClN2O5S. The number of piperidine rings is 1. The number of rotatable bonds is 6. The van der Waals surface area contributed by atoms with E-state index in [-0.39, 0.29) is 30.2 Å². The molecule has 1 saturated heterocycles. The van der Waals surface area contributed by atoms with Gasteiger partial charge >= 0.3 is 0 Å². The number of para-hydroxylation sites is 2. The van der Waals surface area contributed by atoms with E-state index in [0.717, 1.165) is 0 Å². The van der Waals surface area contributed by atoms with Crippen LogP contribution in [0.25, 0.3) is 0 Å². The first-order valence-corrected chi connectivity index (χ1v) is 12.3. The molecule has 9 heteroatoms. The summed E-state index contributed by atoms with van der Waals surface area (Å²) in [5.74, 6) is 0.703. The summed E-state index contributed by atoms with van der Waals surface area (Å²) in [7, 11) is -3.52. The minimum Gasteiger partial charge on any atom is -0.486 e. The number of nitrogens with one attached hydrogen (secondary N) is 1. The predicted octanol–water partition coefficient (Wildman–Crippen LogP) is 2.84. The maximum atomic E-state index is 12.9. The Morgan fingerprint density at radius 3 is 2.65 bits per heavy atom. The highest BCUT2D eigenvalue weighted by Crippen LogP contribution is 2.30. The lowest BCUT2D eigenvalue weighted by Gasteiger charge is -2.32. The summed E-state index contributed by atoms with van der Waals surface area (Å²) in [6.07, 6.45) is 1.02. The topological polar surface area (TPSA) is 84.9 Å². The molecule has 166 valence electrons. The van der Waals surface area contributed by atoms with Crippen molar-refractivity contribution < 1.29 is 22.7 Å². The number of fused-ring (bicyclic) bond motifs is 1. The molecule has 1 amide bonds. The molecule has 7 nitrogen and oxygen atoms in total. The normalized spacial score (nSPS) is 21.5. The fourth-order valence-corrected chi connectivity index (χ4v) is 5.55. The number of hydrogen-bond acceptors (Lipinski definition) is 5. The van der Waals surface area contributed by atoms with Crippen LogP contribution in [-0.4, -0.2) is 51.0 Å². The zero-order chi connectivity index (χ0) is 21.8. The molecule has 2 aliphatic heterocycles. The van der Waals surface area contributed by atoms with E-state index in [4.69, 9.17) is 21.1 Å². The smallest absolute Gasteiger partial charge is 0.224 e. The van der Waals surface area contributed by atoms with Gasteiger partial charge in [0.05, 0.1) is 18.2 Å². The fourth-order valence-electron chi connectivity index (χ4n) is 3.81. The molecule has 0 radical (unpaired) electrons. The molecule has 0 unspecified atom stereocenters. The molecule has 2 aliphatic rings. The van der Waals surface area contributed by atoms with Crippen molar-refractivity contribution in [3.63, 3.8) is 0 Å². The Labute approximate surface area is 187 Å². The van der Waals surface area contributed by atoms with Crippen LogP contribution in [0.1, 0.15) is 18.4 Å². The van der Waals surface area contributed by atoms with Crippen LogP contribution >= 0.6 is 11.6 Å². The van der Waals surface area contributed by atoms with Crippen molar-refractivity contribution in [3.05, 3.63) is 59.1 Å². The lowest BCUT2D eigenvalue weighted by molar-refractivity contribution is -0.126. The molecular weight excluding hydrogens is 440 g/mol. The Morgan fingerprint density at radius 2 is 1.87 bits per heavy atom. The fraction of sp³-hybridized carbons (Fsp3) is 0.409. The van der Waals surface area contributed by atoms with Crippen LogP contribution in [0.15, 0.2) is 48.5 Å². The zero-order valence-electron chi connectivity index (χ0n) is 17.0. The average molecular weight is 465 g/mol. The molecule has 1 fully saturated rings. The van der Waals surface area contributed by atoms with Crippen LogP contribution in [-0.2, 0) is 20.6 Å². The van der Waals surface area contributed by atoms with Gasteiger partial charge in [0, 0.05) is 18.1 Å². The van der Waals surface area contributed by atoms with E-state index in [1.807, 2.05) is 24.3 Å². The Hall–Kier alpha value is -2.29. The van der Waals surface area contributed by atoms with Gasteiger partial charge < -0.3 is 14.8 Å². The Bertz CT molecular complexity index is 1030. The second kappa shape index (κ2) is 9.46. The number of amides is 1. The van der Waals surface area contributed by atoms with Crippen LogP contribution in [0.5, 0.6) is 11.5 Å². The number of halogens is 1. The summed E-state index contributed by atoms with van der Waals surface area (Å²) in [4.78, 5) is 12.7. The zero-order valence-corrected chi connectivity index (χ0v) is 18.6. The van der Waals surface area contributed by atoms with Gasteiger partial charge in [-0.05, 0) is 42.7 Å². The van der Waals surface area contributed by atoms with Crippen LogP contribution in [0, 0.1) is 5.92 Å². The summed E-state index contributed by atoms with van der Waals surface area (Å²) >= 11 is 5.88. The van der Waals surface area contributed by atoms with E-state index in [0.29, 0.717) is 54.6 Å². The minimum absolute atomic E-state index is 0.106. The van der Waals surface area contributed by atoms with E-state index < -0.39 is 10.0 Å². The van der Waals surface area contributed by atoms with Crippen LogP contribution < -0.4 is 14.8 Å². The lowest BCUT2D eigenvalue weighted by Crippen LogP contribution is -2.48. The van der Waals surface area contributed by atoms with Crippen LogP contribution in [0.2, 0.25) is 5.02 Å². The van der Waals surface area contributed by atoms with Crippen LogP contribution in [0.3, 0.4) is 0 Å². The van der Waals surface area contributed by atoms with Gasteiger partial charge in [0.15, 0.2) is 11.5 Å². The number of nitrogens with zero attached hydrogens (tertiary/aromatic N) is 1. The van der Waals surface area contributed by atoms with Crippen molar-refractivity contribution in [1.82, 2.24) is 9.62 Å². The molecule has 4 rings (SSSR count). The standard InChI is InChI=1S/C22H25ClN2O5S/c23-18-9-7-16(8-10-18)15-31(27,28)25-11-3-4-17(13-25)22(26)24-12-19-14-29-20-5-1-2-6-21(20)30-19/h1-2,5-10,17,19H,3-4,11-15H2,(H,24,26)/t17-,19+/m0/s1. The first-order chi connectivity index (χ1) is 14.9. The van der Waals surface area contributed by atoms with E-state index in [1.54, 1.807) is 24.3 Å². The summed E-state index contributed by atoms with van der Waals surface area (Å²) in [6, 6.07) is 14.2. The third kappa shape index (κ3) is 5.50. The number of carbonyl (C=O) groups excluding carboxylic acids is 1. The van der Waals surface area contributed by atoms with Gasteiger partial charge in [-0.2, -0.15) is 0 Å². The molecule has 2 heterocycles. The summed E-state index contributed by atoms with van der Waals surface area (Å²) < 4.78 is 38.7. The highest BCUT2D eigenvalue weighted by molar-refractivity contribution is 7.88. The van der Waals surface area contributed by atoms with Gasteiger partial charge in [-0.1, -0.05) is 35.9 Å². The third-order valence-corrected chi connectivity index (χ3v) is 7.55. The van der Waals surface area contributed by atoms with Crippen molar-refractivity contribution in [1.29, 1.82) is 0 Å². The molecule has 2 aromatic rings. The predicted molar refractivity (Wildman–Crippen MR) is 118 cm³/mol. The third-order valence-electron chi connectivity index (χ3n) is 5.48. The molecule has 0 spiro atoms. The molecule has 0 saturated carbocycles. The molecule has 2 atom stereocenters. The van der Waals surface area contributed by atoms with Crippen molar-refractivity contribution >= 4 is 27.5 Å². The van der Waals surface area contributed by atoms with E-state index >= 15 is 0 Å². The minimum atomic E-state index is -3.52. The molecule has 31 heavy (non-hydrogen) atoms. The quantitative estimate of drug-likeness (QED) is 0.710. The number of sulfonamides is 1. The highest BCUT2D eigenvalue weighted by Gasteiger charge is 2.33. The van der Waals surface area contributed by atoms with Gasteiger partial charge in [-0.25, -0.2) is 12.7 Å².